The number of hydrogen-bond acceptors (Lipinski definition) is 4. The van der Waals surface area contributed by atoms with Gasteiger partial charge < -0.3 is 20.0 Å². The van der Waals surface area contributed by atoms with Gasteiger partial charge in [0.05, 0.1) is 0 Å². The molecule has 1 saturated carbocycles. The molecule has 2 amide bonds. The number of rotatable bonds is 9. The maximum absolute atomic E-state index is 13.4. The minimum Gasteiger partial charge on any atom is -0.377 e. The number of carbonyl (C=O) groups is 2. The molecule has 6 nitrogen and oxygen atoms in total. The summed E-state index contributed by atoms with van der Waals surface area (Å²) in [6.07, 6.45) is 2.99. The fraction of sp³-hybridized carbons (Fsp3) is 0.440. The summed E-state index contributed by atoms with van der Waals surface area (Å²) in [7, 11) is 7.83. The van der Waals surface area contributed by atoms with Crippen LogP contribution in [0.2, 0.25) is 0 Å². The number of carbonyl (C=O) groups excluding carboxylic acids is 2. The molecule has 0 saturated heterocycles. The molecule has 2 aromatic rings. The van der Waals surface area contributed by atoms with E-state index in [9.17, 15) is 14.0 Å². The number of anilines is 2. The predicted molar refractivity (Wildman–Crippen MR) is 126 cm³/mol. The highest BCUT2D eigenvalue weighted by atomic mass is 19.1. The van der Waals surface area contributed by atoms with Gasteiger partial charge in [-0.25, -0.2) is 4.39 Å². The zero-order chi connectivity index (χ0) is 23.3. The summed E-state index contributed by atoms with van der Waals surface area (Å²) >= 11 is 0. The molecule has 7 heteroatoms. The second kappa shape index (κ2) is 10.6. The van der Waals surface area contributed by atoms with E-state index in [1.165, 1.54) is 24.3 Å². The monoisotopic (exact) mass is 440 g/mol. The normalized spacial score (nSPS) is 13.6. The van der Waals surface area contributed by atoms with Crippen LogP contribution in [0.5, 0.6) is 0 Å². The Balaban J connectivity index is 1.86. The molecule has 0 bridgehead atoms. The Morgan fingerprint density at radius 3 is 2.25 bits per heavy atom. The first kappa shape index (κ1) is 23.7. The average Bonchev–Trinajstić information content (AvgIpc) is 2.69. The molecule has 0 aliphatic heterocycles. The summed E-state index contributed by atoms with van der Waals surface area (Å²) in [6.45, 7) is 1.60. The lowest BCUT2D eigenvalue weighted by Crippen LogP contribution is -2.36. The minimum absolute atomic E-state index is 0.0617. The van der Waals surface area contributed by atoms with Gasteiger partial charge in [-0.2, -0.15) is 0 Å². The topological polar surface area (TPSA) is 55.9 Å². The summed E-state index contributed by atoms with van der Waals surface area (Å²) in [6, 6.07) is 11.5. The minimum atomic E-state index is -0.369. The standard InChI is InChI=1S/C25H33FN4O2/c1-28(2)14-15-30(25(32)19-8-10-21(26)11-9-19)17-20-16-22(12-13-23(20)29(3)4)27-24(31)18-6-5-7-18/h8-13,16,18H,5-7,14-15,17H2,1-4H3,(H,27,31). The summed E-state index contributed by atoms with van der Waals surface area (Å²) in [4.78, 5) is 31.5. The maximum Gasteiger partial charge on any atom is 0.254 e. The van der Waals surface area contributed by atoms with E-state index in [1.54, 1.807) is 4.90 Å². The zero-order valence-corrected chi connectivity index (χ0v) is 19.4. The second-order valence-corrected chi connectivity index (χ2v) is 8.89. The average molecular weight is 441 g/mol. The number of nitrogens with one attached hydrogen (secondary N) is 1. The largest absolute Gasteiger partial charge is 0.377 e. The molecule has 2 aromatic carbocycles. The Kier molecular flexibility index (Phi) is 7.85. The van der Waals surface area contributed by atoms with E-state index in [2.05, 4.69) is 5.32 Å². The lowest BCUT2D eigenvalue weighted by molar-refractivity contribution is -0.122. The van der Waals surface area contributed by atoms with Crippen molar-refractivity contribution in [1.82, 2.24) is 9.80 Å². The van der Waals surface area contributed by atoms with Crippen LogP contribution in [-0.4, -0.2) is 62.9 Å². The van der Waals surface area contributed by atoms with E-state index in [0.29, 0.717) is 25.2 Å². The van der Waals surface area contributed by atoms with Crippen molar-refractivity contribution in [2.24, 2.45) is 5.92 Å². The van der Waals surface area contributed by atoms with Crippen molar-refractivity contribution in [2.45, 2.75) is 25.8 Å². The molecule has 0 heterocycles. The van der Waals surface area contributed by atoms with Crippen molar-refractivity contribution in [3.63, 3.8) is 0 Å². The molecule has 0 radical (unpaired) electrons. The third-order valence-corrected chi connectivity index (χ3v) is 5.86. The number of hydrogen-bond donors (Lipinski definition) is 1. The van der Waals surface area contributed by atoms with Gasteiger partial charge in [0.15, 0.2) is 0 Å². The molecule has 1 aliphatic carbocycles. The van der Waals surface area contributed by atoms with Crippen LogP contribution in [0.3, 0.4) is 0 Å². The van der Waals surface area contributed by atoms with Crippen molar-refractivity contribution in [1.29, 1.82) is 0 Å². The van der Waals surface area contributed by atoms with E-state index in [0.717, 1.165) is 36.2 Å². The first-order chi connectivity index (χ1) is 15.2. The Bertz CT molecular complexity index is 939. The van der Waals surface area contributed by atoms with Crippen molar-refractivity contribution in [3.8, 4) is 0 Å². The Morgan fingerprint density at radius 1 is 1.00 bits per heavy atom. The van der Waals surface area contributed by atoms with Gasteiger partial charge in [-0.05, 0) is 75.0 Å². The van der Waals surface area contributed by atoms with Crippen LogP contribution < -0.4 is 10.2 Å². The Hall–Kier alpha value is -2.93. The number of nitrogens with zero attached hydrogens (tertiary/aromatic N) is 3. The summed E-state index contributed by atoms with van der Waals surface area (Å²) in [5.41, 5.74) is 3.11. The summed E-state index contributed by atoms with van der Waals surface area (Å²) in [5, 5.41) is 3.03. The number of halogens is 1. The van der Waals surface area contributed by atoms with Gasteiger partial charge in [0.25, 0.3) is 5.91 Å². The third kappa shape index (κ3) is 6.07. The van der Waals surface area contributed by atoms with Crippen LogP contribution in [0.25, 0.3) is 0 Å². The molecule has 3 rings (SSSR count). The van der Waals surface area contributed by atoms with Crippen LogP contribution in [0.1, 0.15) is 35.2 Å². The van der Waals surface area contributed by atoms with Gasteiger partial charge in [0.1, 0.15) is 5.82 Å². The van der Waals surface area contributed by atoms with Crippen LogP contribution in [0.15, 0.2) is 42.5 Å². The second-order valence-electron chi connectivity index (χ2n) is 8.89. The highest BCUT2D eigenvalue weighted by Crippen LogP contribution is 2.29. The highest BCUT2D eigenvalue weighted by molar-refractivity contribution is 5.95. The number of likely N-dealkylation sites (N-methyl/N-ethyl adjacent to an activating group) is 1. The molecular formula is C25H33FN4O2. The molecular weight excluding hydrogens is 407 g/mol. The molecule has 1 fully saturated rings. The van der Waals surface area contributed by atoms with Crippen molar-refractivity contribution in [2.75, 3.05) is 51.5 Å². The predicted octanol–water partition coefficient (Wildman–Crippen LogP) is 3.83. The van der Waals surface area contributed by atoms with Gasteiger partial charge in [0, 0.05) is 56.6 Å². The molecule has 32 heavy (non-hydrogen) atoms. The number of benzene rings is 2. The molecule has 172 valence electrons. The van der Waals surface area contributed by atoms with Crippen LogP contribution in [0.4, 0.5) is 15.8 Å². The lowest BCUT2D eigenvalue weighted by atomic mass is 9.85. The first-order valence-corrected chi connectivity index (χ1v) is 11.1. The van der Waals surface area contributed by atoms with Crippen LogP contribution in [0, 0.1) is 11.7 Å². The van der Waals surface area contributed by atoms with Gasteiger partial charge in [-0.1, -0.05) is 6.42 Å². The third-order valence-electron chi connectivity index (χ3n) is 5.86. The Morgan fingerprint density at radius 2 is 1.69 bits per heavy atom. The number of amides is 2. The molecule has 1 N–H and O–H groups in total. The fourth-order valence-corrected chi connectivity index (χ4v) is 3.69. The van der Waals surface area contributed by atoms with E-state index < -0.39 is 0 Å². The van der Waals surface area contributed by atoms with Gasteiger partial charge in [-0.15, -0.1) is 0 Å². The van der Waals surface area contributed by atoms with E-state index in [-0.39, 0.29) is 23.5 Å². The van der Waals surface area contributed by atoms with E-state index in [1.807, 2.05) is 56.2 Å². The van der Waals surface area contributed by atoms with Gasteiger partial charge >= 0.3 is 0 Å². The summed E-state index contributed by atoms with van der Waals surface area (Å²) < 4.78 is 13.4. The quantitative estimate of drug-likeness (QED) is 0.644. The molecule has 0 spiro atoms. The maximum atomic E-state index is 13.4. The fourth-order valence-electron chi connectivity index (χ4n) is 3.69. The Labute approximate surface area is 190 Å². The molecule has 1 aliphatic rings. The molecule has 0 aromatic heterocycles. The SMILES string of the molecule is CN(C)CCN(Cc1cc(NC(=O)C2CCC2)ccc1N(C)C)C(=O)c1ccc(F)cc1. The van der Waals surface area contributed by atoms with E-state index in [4.69, 9.17) is 0 Å². The van der Waals surface area contributed by atoms with Crippen molar-refractivity contribution in [3.05, 3.63) is 59.4 Å². The van der Waals surface area contributed by atoms with Crippen molar-refractivity contribution >= 4 is 23.2 Å². The van der Waals surface area contributed by atoms with Crippen molar-refractivity contribution < 1.29 is 14.0 Å². The van der Waals surface area contributed by atoms with Gasteiger partial charge in [-0.3, -0.25) is 9.59 Å². The van der Waals surface area contributed by atoms with Gasteiger partial charge in [0.2, 0.25) is 5.91 Å². The zero-order valence-electron chi connectivity index (χ0n) is 19.4. The highest BCUT2D eigenvalue weighted by Gasteiger charge is 2.25. The molecule has 0 atom stereocenters. The lowest BCUT2D eigenvalue weighted by Gasteiger charge is -2.28. The molecule has 0 unspecified atom stereocenters. The van der Waals surface area contributed by atoms with Crippen LogP contribution in [-0.2, 0) is 11.3 Å². The first-order valence-electron chi connectivity index (χ1n) is 11.1. The summed E-state index contributed by atoms with van der Waals surface area (Å²) in [5.74, 6) is -0.359. The van der Waals surface area contributed by atoms with Crippen LogP contribution >= 0.6 is 0 Å². The smallest absolute Gasteiger partial charge is 0.254 e. The van der Waals surface area contributed by atoms with E-state index >= 15 is 0 Å².